The molecule has 1 fully saturated rings. The SMILES string of the molecule is N#C/C(=C\c1ccco1)C(=O)NCC1(CO)CC1. The number of rotatable bonds is 5. The first-order chi connectivity index (χ1) is 8.69. The van der Waals surface area contributed by atoms with Crippen LogP contribution in [0.5, 0.6) is 0 Å². The lowest BCUT2D eigenvalue weighted by Crippen LogP contribution is -2.32. The van der Waals surface area contributed by atoms with Crippen molar-refractivity contribution in [3.8, 4) is 6.07 Å². The second kappa shape index (κ2) is 5.07. The molecule has 1 aliphatic carbocycles. The van der Waals surface area contributed by atoms with Gasteiger partial charge in [0.2, 0.25) is 0 Å². The van der Waals surface area contributed by atoms with Gasteiger partial charge in [0.15, 0.2) is 0 Å². The molecule has 0 spiro atoms. The van der Waals surface area contributed by atoms with Crippen LogP contribution >= 0.6 is 0 Å². The molecule has 0 saturated heterocycles. The second-order valence-corrected chi connectivity index (χ2v) is 4.53. The Morgan fingerprint density at radius 2 is 2.44 bits per heavy atom. The van der Waals surface area contributed by atoms with Crippen LogP contribution in [0.1, 0.15) is 18.6 Å². The van der Waals surface area contributed by atoms with Crippen molar-refractivity contribution in [1.29, 1.82) is 5.26 Å². The van der Waals surface area contributed by atoms with E-state index in [0.717, 1.165) is 12.8 Å². The van der Waals surface area contributed by atoms with Crippen molar-refractivity contribution < 1.29 is 14.3 Å². The Labute approximate surface area is 105 Å². The van der Waals surface area contributed by atoms with Crippen LogP contribution in [0.3, 0.4) is 0 Å². The standard InChI is InChI=1S/C13H14N2O3/c14-7-10(6-11-2-1-5-18-11)12(17)15-8-13(9-16)3-4-13/h1-2,5-6,16H,3-4,8-9H2,(H,15,17)/b10-6+. The van der Waals surface area contributed by atoms with Crippen LogP contribution in [0.25, 0.3) is 6.08 Å². The van der Waals surface area contributed by atoms with Crippen LogP contribution in [-0.4, -0.2) is 24.2 Å². The van der Waals surface area contributed by atoms with Gasteiger partial charge in [-0.15, -0.1) is 0 Å². The highest BCUT2D eigenvalue weighted by Gasteiger charge is 2.42. The summed E-state index contributed by atoms with van der Waals surface area (Å²) in [6, 6.07) is 5.19. The number of hydrogen-bond donors (Lipinski definition) is 2. The van der Waals surface area contributed by atoms with Gasteiger partial charge >= 0.3 is 0 Å². The van der Waals surface area contributed by atoms with Crippen LogP contribution in [-0.2, 0) is 4.79 Å². The molecule has 1 heterocycles. The minimum atomic E-state index is -0.436. The molecule has 0 bridgehead atoms. The Morgan fingerprint density at radius 1 is 1.67 bits per heavy atom. The minimum Gasteiger partial charge on any atom is -0.465 e. The first kappa shape index (κ1) is 12.4. The van der Waals surface area contributed by atoms with E-state index in [1.807, 2.05) is 6.07 Å². The highest BCUT2D eigenvalue weighted by molar-refractivity contribution is 6.01. The summed E-state index contributed by atoms with van der Waals surface area (Å²) in [6.07, 6.45) is 4.69. The van der Waals surface area contributed by atoms with E-state index < -0.39 is 5.91 Å². The number of aliphatic hydroxyl groups is 1. The molecule has 5 nitrogen and oxygen atoms in total. The lowest BCUT2D eigenvalue weighted by atomic mass is 10.1. The van der Waals surface area contributed by atoms with E-state index in [2.05, 4.69) is 5.32 Å². The molecule has 2 rings (SSSR count). The van der Waals surface area contributed by atoms with E-state index in [4.69, 9.17) is 14.8 Å². The zero-order chi connectivity index (χ0) is 13.0. The third kappa shape index (κ3) is 2.79. The second-order valence-electron chi connectivity index (χ2n) is 4.53. The number of carbonyl (C=O) groups excluding carboxylic acids is 1. The van der Waals surface area contributed by atoms with Gasteiger partial charge in [0.05, 0.1) is 12.9 Å². The summed E-state index contributed by atoms with van der Waals surface area (Å²) >= 11 is 0. The highest BCUT2D eigenvalue weighted by atomic mass is 16.3. The van der Waals surface area contributed by atoms with Crippen LogP contribution in [0, 0.1) is 16.7 Å². The molecule has 1 aliphatic rings. The van der Waals surface area contributed by atoms with Gasteiger partial charge in [0.1, 0.15) is 17.4 Å². The molecule has 1 saturated carbocycles. The fourth-order valence-corrected chi connectivity index (χ4v) is 1.59. The number of aliphatic hydroxyl groups excluding tert-OH is 1. The molecule has 18 heavy (non-hydrogen) atoms. The quantitative estimate of drug-likeness (QED) is 0.601. The monoisotopic (exact) mass is 246 g/mol. The van der Waals surface area contributed by atoms with Crippen LogP contribution in [0.4, 0.5) is 0 Å². The molecule has 94 valence electrons. The maximum absolute atomic E-state index is 11.8. The topological polar surface area (TPSA) is 86.3 Å². The Morgan fingerprint density at radius 3 is 2.94 bits per heavy atom. The molecule has 1 aromatic rings. The van der Waals surface area contributed by atoms with Gasteiger partial charge < -0.3 is 14.8 Å². The number of furan rings is 1. The summed E-state index contributed by atoms with van der Waals surface area (Å²) in [5.41, 5.74) is -0.167. The zero-order valence-corrected chi connectivity index (χ0v) is 9.85. The van der Waals surface area contributed by atoms with Crippen LogP contribution in [0.15, 0.2) is 28.4 Å². The molecule has 0 aromatic carbocycles. The van der Waals surface area contributed by atoms with Crippen LogP contribution in [0.2, 0.25) is 0 Å². The maximum Gasteiger partial charge on any atom is 0.262 e. The Kier molecular flexibility index (Phi) is 3.49. The maximum atomic E-state index is 11.8. The molecule has 1 amide bonds. The molecule has 0 atom stereocenters. The zero-order valence-electron chi connectivity index (χ0n) is 9.85. The highest BCUT2D eigenvalue weighted by Crippen LogP contribution is 2.44. The molecule has 5 heteroatoms. The van der Waals surface area contributed by atoms with Crippen molar-refractivity contribution in [2.45, 2.75) is 12.8 Å². The summed E-state index contributed by atoms with van der Waals surface area (Å²) < 4.78 is 5.05. The molecule has 1 aromatic heterocycles. The van der Waals surface area contributed by atoms with Gasteiger partial charge in [0.25, 0.3) is 5.91 Å². The Hall–Kier alpha value is -2.06. The largest absolute Gasteiger partial charge is 0.465 e. The van der Waals surface area contributed by atoms with E-state index >= 15 is 0 Å². The van der Waals surface area contributed by atoms with Gasteiger partial charge in [-0.05, 0) is 25.0 Å². The number of nitriles is 1. The number of hydrogen-bond acceptors (Lipinski definition) is 4. The minimum absolute atomic E-state index is 0.00121. The van der Waals surface area contributed by atoms with Crippen LogP contribution < -0.4 is 5.32 Å². The lowest BCUT2D eigenvalue weighted by Gasteiger charge is -2.11. The fraction of sp³-hybridized carbons (Fsp3) is 0.385. The van der Waals surface area contributed by atoms with Gasteiger partial charge in [-0.25, -0.2) is 0 Å². The van der Waals surface area contributed by atoms with Gasteiger partial charge in [0, 0.05) is 18.0 Å². The number of amides is 1. The smallest absolute Gasteiger partial charge is 0.262 e. The lowest BCUT2D eigenvalue weighted by molar-refractivity contribution is -0.117. The number of carbonyl (C=O) groups is 1. The molecule has 0 radical (unpaired) electrons. The third-order valence-electron chi connectivity index (χ3n) is 3.11. The van der Waals surface area contributed by atoms with Crippen molar-refractivity contribution in [2.24, 2.45) is 5.41 Å². The number of nitrogens with one attached hydrogen (secondary N) is 1. The van der Waals surface area contributed by atoms with E-state index in [0.29, 0.717) is 12.3 Å². The van der Waals surface area contributed by atoms with E-state index in [-0.39, 0.29) is 17.6 Å². The predicted octanol–water partition coefficient (Wildman–Crippen LogP) is 1.08. The summed E-state index contributed by atoms with van der Waals surface area (Å²) in [6.45, 7) is 0.469. The average molecular weight is 246 g/mol. The van der Waals surface area contributed by atoms with Crippen molar-refractivity contribution in [3.63, 3.8) is 0 Å². The van der Waals surface area contributed by atoms with E-state index in [1.165, 1.54) is 12.3 Å². The van der Waals surface area contributed by atoms with Gasteiger partial charge in [-0.3, -0.25) is 4.79 Å². The van der Waals surface area contributed by atoms with Crippen molar-refractivity contribution in [2.75, 3.05) is 13.2 Å². The average Bonchev–Trinajstić information content (AvgIpc) is 3.00. The van der Waals surface area contributed by atoms with Crippen molar-refractivity contribution in [1.82, 2.24) is 5.32 Å². The fourth-order valence-electron chi connectivity index (χ4n) is 1.59. The summed E-state index contributed by atoms with van der Waals surface area (Å²) in [5.74, 6) is 0.0265. The first-order valence-electron chi connectivity index (χ1n) is 5.73. The number of nitrogens with zero attached hydrogens (tertiary/aromatic N) is 1. The normalized spacial score (nSPS) is 17.0. The Balaban J connectivity index is 1.96. The summed E-state index contributed by atoms with van der Waals surface area (Å²) in [4.78, 5) is 11.8. The summed E-state index contributed by atoms with van der Waals surface area (Å²) in [5, 5.41) is 20.7. The van der Waals surface area contributed by atoms with Gasteiger partial charge in [-0.1, -0.05) is 0 Å². The Bertz CT molecular complexity index is 493. The summed E-state index contributed by atoms with van der Waals surface area (Å²) in [7, 11) is 0. The van der Waals surface area contributed by atoms with Crippen molar-refractivity contribution >= 4 is 12.0 Å². The first-order valence-corrected chi connectivity index (χ1v) is 5.73. The molecular formula is C13H14N2O3. The molecule has 0 aliphatic heterocycles. The van der Waals surface area contributed by atoms with Crippen molar-refractivity contribution in [3.05, 3.63) is 29.7 Å². The molecule has 2 N–H and O–H groups in total. The predicted molar refractivity (Wildman–Crippen MR) is 64.1 cm³/mol. The molecule has 0 unspecified atom stereocenters. The third-order valence-corrected chi connectivity index (χ3v) is 3.11. The molecular weight excluding hydrogens is 232 g/mol. The van der Waals surface area contributed by atoms with E-state index in [1.54, 1.807) is 12.1 Å². The van der Waals surface area contributed by atoms with Gasteiger partial charge in [-0.2, -0.15) is 5.26 Å². The van der Waals surface area contributed by atoms with E-state index in [9.17, 15) is 4.79 Å².